The van der Waals surface area contributed by atoms with Gasteiger partial charge in [-0.05, 0) is 73.2 Å². The smallest absolute Gasteiger partial charge is 0.360 e. The minimum atomic E-state index is -0.965. The van der Waals surface area contributed by atoms with Crippen LogP contribution in [0, 0.1) is 0 Å². The molecule has 0 amide bonds. The molecule has 2 aliphatic rings. The predicted molar refractivity (Wildman–Crippen MR) is 147 cm³/mol. The molecule has 0 unspecified atom stereocenters. The SMILES string of the molecule is CCOC(=O)c1coc(C2=Cc3cc(OC)ccc3-c3c(C4CCCCC4)c4ccc(C(=O)O)cc4n3C2)n1. The molecule has 0 atom stereocenters. The molecule has 2 aromatic carbocycles. The van der Waals surface area contributed by atoms with Gasteiger partial charge in [0.2, 0.25) is 5.89 Å². The van der Waals surface area contributed by atoms with Gasteiger partial charge in [-0.25, -0.2) is 14.6 Å². The Bertz CT molecular complexity index is 1620. The molecule has 1 aliphatic carbocycles. The van der Waals surface area contributed by atoms with Crippen LogP contribution < -0.4 is 4.74 Å². The third-order valence-corrected chi connectivity index (χ3v) is 7.80. The molecular weight excluding hydrogens is 496 g/mol. The van der Waals surface area contributed by atoms with Crippen LogP contribution in [0.5, 0.6) is 5.75 Å². The van der Waals surface area contributed by atoms with Crippen LogP contribution in [0.2, 0.25) is 0 Å². The van der Waals surface area contributed by atoms with Gasteiger partial charge in [-0.15, -0.1) is 0 Å². The zero-order valence-electron chi connectivity index (χ0n) is 22.0. The summed E-state index contributed by atoms with van der Waals surface area (Å²) in [7, 11) is 1.64. The third kappa shape index (κ3) is 4.39. The Balaban J connectivity index is 1.61. The number of oxazole rings is 1. The minimum Gasteiger partial charge on any atom is -0.497 e. The molecule has 1 fully saturated rings. The number of hydrogen-bond acceptors (Lipinski definition) is 6. The zero-order chi connectivity index (χ0) is 27.1. The van der Waals surface area contributed by atoms with Crippen molar-refractivity contribution in [1.29, 1.82) is 0 Å². The number of hydrogen-bond donors (Lipinski definition) is 1. The molecule has 4 aromatic rings. The van der Waals surface area contributed by atoms with Crippen molar-refractivity contribution in [2.75, 3.05) is 13.7 Å². The number of rotatable bonds is 6. The van der Waals surface area contributed by atoms with Crippen LogP contribution in [0.1, 0.15) is 82.8 Å². The van der Waals surface area contributed by atoms with Gasteiger partial charge in [-0.3, -0.25) is 0 Å². The highest BCUT2D eigenvalue weighted by atomic mass is 16.5. The number of carbonyl (C=O) groups is 2. The predicted octanol–water partition coefficient (Wildman–Crippen LogP) is 6.78. The van der Waals surface area contributed by atoms with Crippen LogP contribution in [0.15, 0.2) is 47.1 Å². The second kappa shape index (κ2) is 10.1. The lowest BCUT2D eigenvalue weighted by molar-refractivity contribution is 0.0519. The van der Waals surface area contributed by atoms with Gasteiger partial charge >= 0.3 is 11.9 Å². The first-order valence-electron chi connectivity index (χ1n) is 13.4. The normalized spacial score (nSPS) is 15.3. The van der Waals surface area contributed by atoms with E-state index in [2.05, 4.69) is 15.6 Å². The summed E-state index contributed by atoms with van der Waals surface area (Å²) in [6.07, 6.45) is 9.12. The summed E-state index contributed by atoms with van der Waals surface area (Å²) < 4.78 is 18.6. The number of carboxylic acids is 1. The number of aromatic nitrogens is 2. The molecule has 0 bridgehead atoms. The largest absolute Gasteiger partial charge is 0.497 e. The molecule has 2 aromatic heterocycles. The van der Waals surface area contributed by atoms with E-state index in [1.165, 1.54) is 31.1 Å². The molecule has 39 heavy (non-hydrogen) atoms. The van der Waals surface area contributed by atoms with E-state index >= 15 is 0 Å². The first-order valence-corrected chi connectivity index (χ1v) is 13.4. The Hall–Kier alpha value is -4.33. The van der Waals surface area contributed by atoms with Crippen molar-refractivity contribution in [3.05, 3.63) is 70.9 Å². The lowest BCUT2D eigenvalue weighted by Gasteiger charge is -2.24. The highest BCUT2D eigenvalue weighted by molar-refractivity contribution is 6.01. The van der Waals surface area contributed by atoms with Crippen LogP contribution in [0.25, 0.3) is 33.8 Å². The third-order valence-electron chi connectivity index (χ3n) is 7.80. The van der Waals surface area contributed by atoms with E-state index in [0.717, 1.165) is 51.9 Å². The number of methoxy groups -OCH3 is 1. The minimum absolute atomic E-state index is 0.108. The van der Waals surface area contributed by atoms with Crippen molar-refractivity contribution in [1.82, 2.24) is 9.55 Å². The summed E-state index contributed by atoms with van der Waals surface area (Å²) in [6.45, 7) is 2.37. The Labute approximate surface area is 225 Å². The van der Waals surface area contributed by atoms with E-state index in [1.807, 2.05) is 24.3 Å². The van der Waals surface area contributed by atoms with E-state index in [0.29, 0.717) is 18.4 Å². The van der Waals surface area contributed by atoms with E-state index < -0.39 is 11.9 Å². The maximum atomic E-state index is 12.3. The molecule has 3 heterocycles. The quantitative estimate of drug-likeness (QED) is 0.276. The van der Waals surface area contributed by atoms with Gasteiger partial charge in [0.15, 0.2) is 5.69 Å². The molecule has 0 spiro atoms. The second-order valence-electron chi connectivity index (χ2n) is 10.1. The number of fused-ring (bicyclic) bond motifs is 5. The number of aromatic carboxylic acids is 1. The van der Waals surface area contributed by atoms with Crippen LogP contribution >= 0.6 is 0 Å². The fourth-order valence-electron chi connectivity index (χ4n) is 6.02. The number of ether oxygens (including phenoxy) is 2. The monoisotopic (exact) mass is 526 g/mol. The van der Waals surface area contributed by atoms with Crippen molar-refractivity contribution in [2.45, 2.75) is 51.5 Å². The number of nitrogens with zero attached hydrogens (tertiary/aromatic N) is 2. The summed E-state index contributed by atoms with van der Waals surface area (Å²) in [6, 6.07) is 11.4. The van der Waals surface area contributed by atoms with Gasteiger partial charge in [-0.2, -0.15) is 0 Å². The van der Waals surface area contributed by atoms with Crippen LogP contribution in [-0.4, -0.2) is 40.3 Å². The van der Waals surface area contributed by atoms with Crippen molar-refractivity contribution < 1.29 is 28.6 Å². The Morgan fingerprint density at radius 2 is 1.95 bits per heavy atom. The number of benzene rings is 2. The number of esters is 1. The van der Waals surface area contributed by atoms with Gasteiger partial charge in [0.25, 0.3) is 0 Å². The fourth-order valence-corrected chi connectivity index (χ4v) is 6.02. The molecular formula is C31H30N2O6. The van der Waals surface area contributed by atoms with E-state index in [1.54, 1.807) is 26.2 Å². The van der Waals surface area contributed by atoms with Crippen molar-refractivity contribution in [3.8, 4) is 17.0 Å². The number of allylic oxidation sites excluding steroid dienone is 1. The van der Waals surface area contributed by atoms with Crippen LogP contribution in [-0.2, 0) is 11.3 Å². The maximum absolute atomic E-state index is 12.3. The molecule has 1 aliphatic heterocycles. The standard InChI is InChI=1S/C31H30N2O6/c1-3-38-31(36)25-17-39-29(32-25)21-13-20-14-22(37-2)10-12-23(20)28-27(18-7-5-4-6-8-18)24-11-9-19(30(34)35)15-26(24)33(28)16-21/h9-15,17-18H,3-8,16H2,1-2H3,(H,34,35). The highest BCUT2D eigenvalue weighted by Gasteiger charge is 2.30. The summed E-state index contributed by atoms with van der Waals surface area (Å²) in [5.41, 5.74) is 6.29. The molecule has 1 saturated carbocycles. The summed E-state index contributed by atoms with van der Waals surface area (Å²) in [5, 5.41) is 10.9. The lowest BCUT2D eigenvalue weighted by atomic mass is 9.81. The molecule has 0 radical (unpaired) electrons. The van der Waals surface area contributed by atoms with Crippen molar-refractivity contribution >= 4 is 34.5 Å². The maximum Gasteiger partial charge on any atom is 0.360 e. The Morgan fingerprint density at radius 1 is 1.13 bits per heavy atom. The van der Waals surface area contributed by atoms with Gasteiger partial charge in [0, 0.05) is 22.0 Å². The first-order chi connectivity index (χ1) is 19.0. The lowest BCUT2D eigenvalue weighted by Crippen LogP contribution is -2.07. The van der Waals surface area contributed by atoms with Crippen molar-refractivity contribution in [3.63, 3.8) is 0 Å². The number of carboxylic acid groups (broad SMARTS) is 1. The molecule has 200 valence electrons. The second-order valence-corrected chi connectivity index (χ2v) is 10.1. The molecule has 0 saturated heterocycles. The summed E-state index contributed by atoms with van der Waals surface area (Å²) >= 11 is 0. The topological polar surface area (TPSA) is 104 Å². The van der Waals surface area contributed by atoms with Crippen molar-refractivity contribution in [2.24, 2.45) is 0 Å². The Morgan fingerprint density at radius 3 is 2.69 bits per heavy atom. The van der Waals surface area contributed by atoms with E-state index in [9.17, 15) is 14.7 Å². The first kappa shape index (κ1) is 25.0. The van der Waals surface area contributed by atoms with Crippen LogP contribution in [0.4, 0.5) is 0 Å². The average molecular weight is 527 g/mol. The summed E-state index contributed by atoms with van der Waals surface area (Å²) in [4.78, 5) is 28.7. The Kier molecular flexibility index (Phi) is 6.46. The summed E-state index contributed by atoms with van der Waals surface area (Å²) in [5.74, 6) is -0.0904. The van der Waals surface area contributed by atoms with Crippen LogP contribution in [0.3, 0.4) is 0 Å². The van der Waals surface area contributed by atoms with Gasteiger partial charge < -0.3 is 23.6 Å². The highest BCUT2D eigenvalue weighted by Crippen LogP contribution is 2.47. The van der Waals surface area contributed by atoms with E-state index in [-0.39, 0.29) is 17.9 Å². The number of carbonyl (C=O) groups excluding carboxylic acids is 1. The molecule has 8 nitrogen and oxygen atoms in total. The van der Waals surface area contributed by atoms with Gasteiger partial charge in [0.1, 0.15) is 12.0 Å². The van der Waals surface area contributed by atoms with Gasteiger partial charge in [0.05, 0.1) is 31.5 Å². The average Bonchev–Trinajstić information content (AvgIpc) is 3.52. The molecule has 8 heteroatoms. The zero-order valence-corrected chi connectivity index (χ0v) is 22.0. The van der Waals surface area contributed by atoms with E-state index in [4.69, 9.17) is 13.9 Å². The molecule has 6 rings (SSSR count). The molecule has 1 N–H and O–H groups in total. The fraction of sp³-hybridized carbons (Fsp3) is 0.323. The van der Waals surface area contributed by atoms with Gasteiger partial charge in [-0.1, -0.05) is 25.3 Å².